The van der Waals surface area contributed by atoms with Crippen LogP contribution in [-0.2, 0) is 0 Å². The average molecular weight is 276 g/mol. The van der Waals surface area contributed by atoms with Gasteiger partial charge in [0, 0.05) is 18.2 Å². The quantitative estimate of drug-likeness (QED) is 0.917. The van der Waals surface area contributed by atoms with Crippen LogP contribution in [-0.4, -0.2) is 37.7 Å². The van der Waals surface area contributed by atoms with Crippen LogP contribution in [0.25, 0.3) is 0 Å². The van der Waals surface area contributed by atoms with Gasteiger partial charge in [0.1, 0.15) is 11.5 Å². The molecule has 2 N–H and O–H groups in total. The molecule has 1 saturated heterocycles. The molecule has 110 valence electrons. The summed E-state index contributed by atoms with van der Waals surface area (Å²) in [5, 5.41) is 0. The van der Waals surface area contributed by atoms with Gasteiger partial charge in [-0.3, -0.25) is 4.90 Å². The van der Waals surface area contributed by atoms with Crippen molar-refractivity contribution in [2.24, 2.45) is 5.73 Å². The Hall–Kier alpha value is -1.26. The summed E-state index contributed by atoms with van der Waals surface area (Å²) in [5.41, 5.74) is 7.65. The Kier molecular flexibility index (Phi) is 3.85. The average Bonchev–Trinajstić information content (AvgIpc) is 3.31. The van der Waals surface area contributed by atoms with Gasteiger partial charge in [0.05, 0.1) is 20.3 Å². The lowest BCUT2D eigenvalue weighted by molar-refractivity contribution is 0.119. The molecule has 2 fully saturated rings. The summed E-state index contributed by atoms with van der Waals surface area (Å²) in [6, 6.07) is 7.34. The highest BCUT2D eigenvalue weighted by atomic mass is 16.5. The van der Waals surface area contributed by atoms with E-state index >= 15 is 0 Å². The van der Waals surface area contributed by atoms with Gasteiger partial charge in [-0.05, 0) is 49.9 Å². The number of rotatable bonds is 4. The predicted octanol–water partition coefficient (Wildman–Crippen LogP) is 2.33. The molecule has 0 radical (unpaired) electrons. The van der Waals surface area contributed by atoms with Crippen molar-refractivity contribution < 1.29 is 9.47 Å². The predicted molar refractivity (Wildman–Crippen MR) is 79.2 cm³/mol. The third-order valence-corrected chi connectivity index (χ3v) is 4.45. The van der Waals surface area contributed by atoms with E-state index < -0.39 is 0 Å². The molecule has 20 heavy (non-hydrogen) atoms. The topological polar surface area (TPSA) is 47.7 Å². The fourth-order valence-corrected chi connectivity index (χ4v) is 3.31. The highest BCUT2D eigenvalue weighted by molar-refractivity contribution is 5.40. The van der Waals surface area contributed by atoms with Crippen LogP contribution in [0.3, 0.4) is 0 Å². The summed E-state index contributed by atoms with van der Waals surface area (Å²) in [7, 11) is 3.38. The second kappa shape index (κ2) is 5.62. The molecule has 4 nitrogen and oxygen atoms in total. The molecule has 0 spiro atoms. The van der Waals surface area contributed by atoms with E-state index in [1.165, 1.54) is 24.8 Å². The molecular weight excluding hydrogens is 252 g/mol. The van der Waals surface area contributed by atoms with E-state index in [1.807, 2.05) is 6.07 Å². The summed E-state index contributed by atoms with van der Waals surface area (Å²) >= 11 is 0. The summed E-state index contributed by atoms with van der Waals surface area (Å²) in [4.78, 5) is 2.59. The van der Waals surface area contributed by atoms with E-state index in [9.17, 15) is 0 Å². The molecule has 2 unspecified atom stereocenters. The van der Waals surface area contributed by atoms with Crippen LogP contribution in [0.5, 0.6) is 11.5 Å². The maximum absolute atomic E-state index is 6.43. The molecule has 1 heterocycles. The zero-order valence-corrected chi connectivity index (χ0v) is 12.3. The van der Waals surface area contributed by atoms with Crippen LogP contribution >= 0.6 is 0 Å². The minimum Gasteiger partial charge on any atom is -0.497 e. The third kappa shape index (κ3) is 2.63. The van der Waals surface area contributed by atoms with E-state index in [1.54, 1.807) is 14.2 Å². The Bertz CT molecular complexity index is 451. The van der Waals surface area contributed by atoms with E-state index in [-0.39, 0.29) is 6.04 Å². The summed E-state index contributed by atoms with van der Waals surface area (Å²) in [6.07, 6.45) is 4.91. The number of nitrogens with zero attached hydrogens (tertiary/aromatic N) is 1. The minimum absolute atomic E-state index is 0.196. The first-order chi connectivity index (χ1) is 9.72. The lowest BCUT2D eigenvalue weighted by Crippen LogP contribution is -2.46. The summed E-state index contributed by atoms with van der Waals surface area (Å²) < 4.78 is 10.8. The van der Waals surface area contributed by atoms with Crippen molar-refractivity contribution in [1.82, 2.24) is 4.90 Å². The van der Waals surface area contributed by atoms with Gasteiger partial charge in [-0.1, -0.05) is 0 Å². The lowest BCUT2D eigenvalue weighted by Gasteiger charge is -2.40. The number of hydrogen-bond acceptors (Lipinski definition) is 4. The molecular formula is C16H24N2O2. The fraction of sp³-hybridized carbons (Fsp3) is 0.625. The van der Waals surface area contributed by atoms with Gasteiger partial charge in [-0.15, -0.1) is 0 Å². The minimum atomic E-state index is 0.196. The lowest BCUT2D eigenvalue weighted by atomic mass is 9.90. The first-order valence-electron chi connectivity index (χ1n) is 7.47. The molecule has 1 aliphatic carbocycles. The van der Waals surface area contributed by atoms with Crippen LogP contribution < -0.4 is 15.2 Å². The van der Waals surface area contributed by atoms with E-state index in [2.05, 4.69) is 17.0 Å². The van der Waals surface area contributed by atoms with Crippen molar-refractivity contribution in [3.8, 4) is 11.5 Å². The zero-order valence-electron chi connectivity index (χ0n) is 12.3. The Balaban J connectivity index is 1.95. The van der Waals surface area contributed by atoms with Gasteiger partial charge < -0.3 is 15.2 Å². The number of benzene rings is 1. The van der Waals surface area contributed by atoms with E-state index in [4.69, 9.17) is 15.2 Å². The van der Waals surface area contributed by atoms with Crippen molar-refractivity contribution in [3.05, 3.63) is 23.8 Å². The normalized spacial score (nSPS) is 27.4. The molecule has 3 rings (SSSR count). The van der Waals surface area contributed by atoms with Crippen molar-refractivity contribution in [2.75, 3.05) is 20.8 Å². The van der Waals surface area contributed by atoms with Gasteiger partial charge in [-0.25, -0.2) is 0 Å². The van der Waals surface area contributed by atoms with E-state index in [0.717, 1.165) is 30.5 Å². The van der Waals surface area contributed by atoms with Crippen molar-refractivity contribution in [3.63, 3.8) is 0 Å². The van der Waals surface area contributed by atoms with Crippen LogP contribution in [0, 0.1) is 0 Å². The molecule has 1 aliphatic heterocycles. The maximum atomic E-state index is 6.43. The standard InChI is InChI=1S/C16H24N2O2/c1-19-13-8-11(9-14(10-13)20-2)16-15(17)4-3-7-18(16)12-5-6-12/h8-10,12,15-16H,3-7,17H2,1-2H3. The van der Waals surface area contributed by atoms with Gasteiger partial charge in [0.15, 0.2) is 0 Å². The van der Waals surface area contributed by atoms with Gasteiger partial charge >= 0.3 is 0 Å². The Labute approximate surface area is 120 Å². The van der Waals surface area contributed by atoms with Gasteiger partial charge in [0.2, 0.25) is 0 Å². The molecule has 1 saturated carbocycles. The largest absolute Gasteiger partial charge is 0.497 e. The number of nitrogens with two attached hydrogens (primary N) is 1. The smallest absolute Gasteiger partial charge is 0.122 e. The maximum Gasteiger partial charge on any atom is 0.122 e. The molecule has 0 aromatic heterocycles. The number of likely N-dealkylation sites (tertiary alicyclic amines) is 1. The zero-order chi connectivity index (χ0) is 14.1. The summed E-state index contributed by atoms with van der Waals surface area (Å²) in [6.45, 7) is 1.16. The molecule has 0 amide bonds. The van der Waals surface area contributed by atoms with Crippen molar-refractivity contribution in [1.29, 1.82) is 0 Å². The van der Waals surface area contributed by atoms with Gasteiger partial charge in [0.25, 0.3) is 0 Å². The molecule has 4 heteroatoms. The first-order valence-corrected chi connectivity index (χ1v) is 7.47. The highest BCUT2D eigenvalue weighted by Crippen LogP contribution is 2.41. The molecule has 2 atom stereocenters. The van der Waals surface area contributed by atoms with Crippen molar-refractivity contribution >= 4 is 0 Å². The third-order valence-electron chi connectivity index (χ3n) is 4.45. The second-order valence-corrected chi connectivity index (χ2v) is 5.87. The van der Waals surface area contributed by atoms with Crippen LogP contribution in [0.2, 0.25) is 0 Å². The molecule has 2 aliphatic rings. The number of ether oxygens (including phenoxy) is 2. The Morgan fingerprint density at radius 1 is 1.05 bits per heavy atom. The van der Waals surface area contributed by atoms with Crippen LogP contribution in [0.4, 0.5) is 0 Å². The number of hydrogen-bond donors (Lipinski definition) is 1. The SMILES string of the molecule is COc1cc(OC)cc(C2C(N)CCCN2C2CC2)c1. The Morgan fingerprint density at radius 3 is 2.25 bits per heavy atom. The molecule has 1 aromatic rings. The van der Waals surface area contributed by atoms with Crippen molar-refractivity contribution in [2.45, 2.75) is 43.8 Å². The van der Waals surface area contributed by atoms with Crippen LogP contribution in [0.1, 0.15) is 37.3 Å². The number of piperidine rings is 1. The van der Waals surface area contributed by atoms with E-state index in [0.29, 0.717) is 6.04 Å². The summed E-state index contributed by atoms with van der Waals surface area (Å²) in [5.74, 6) is 1.68. The molecule has 0 bridgehead atoms. The highest BCUT2D eigenvalue weighted by Gasteiger charge is 2.39. The van der Waals surface area contributed by atoms with Gasteiger partial charge in [-0.2, -0.15) is 0 Å². The first kappa shape index (κ1) is 13.7. The van der Waals surface area contributed by atoms with Crippen LogP contribution in [0.15, 0.2) is 18.2 Å². The fourth-order valence-electron chi connectivity index (χ4n) is 3.31. The Morgan fingerprint density at radius 2 is 1.70 bits per heavy atom. The molecule has 1 aromatic carbocycles. The number of methoxy groups -OCH3 is 2. The monoisotopic (exact) mass is 276 g/mol. The second-order valence-electron chi connectivity index (χ2n) is 5.87.